The molecule has 1 unspecified atom stereocenters. The van der Waals surface area contributed by atoms with E-state index in [0.29, 0.717) is 12.1 Å². The Morgan fingerprint density at radius 1 is 1.67 bits per heavy atom. The Morgan fingerprint density at radius 3 is 2.87 bits per heavy atom. The Kier molecular flexibility index (Phi) is 3.80. The highest BCUT2D eigenvalue weighted by Gasteiger charge is 2.14. The van der Waals surface area contributed by atoms with Crippen molar-refractivity contribution in [3.8, 4) is 0 Å². The van der Waals surface area contributed by atoms with E-state index in [1.165, 1.54) is 0 Å². The van der Waals surface area contributed by atoms with Gasteiger partial charge in [-0.1, -0.05) is 0 Å². The van der Waals surface area contributed by atoms with E-state index in [4.69, 9.17) is 5.73 Å². The van der Waals surface area contributed by atoms with E-state index < -0.39 is 0 Å². The van der Waals surface area contributed by atoms with Gasteiger partial charge in [-0.05, 0) is 26.0 Å². The van der Waals surface area contributed by atoms with E-state index in [-0.39, 0.29) is 11.9 Å². The zero-order chi connectivity index (χ0) is 11.4. The first-order valence-electron chi connectivity index (χ1n) is 4.95. The summed E-state index contributed by atoms with van der Waals surface area (Å²) in [5.41, 5.74) is 7.03. The van der Waals surface area contributed by atoms with Crippen LogP contribution in [0.3, 0.4) is 0 Å². The number of nitrogens with two attached hydrogens (primary N) is 1. The molecule has 1 aromatic rings. The summed E-state index contributed by atoms with van der Waals surface area (Å²) >= 11 is 0. The highest BCUT2D eigenvalue weighted by Crippen LogP contribution is 2.07. The van der Waals surface area contributed by atoms with Crippen molar-refractivity contribution in [1.29, 1.82) is 0 Å². The largest absolute Gasteiger partial charge is 0.340 e. The molecule has 0 bridgehead atoms. The van der Waals surface area contributed by atoms with Crippen LogP contribution in [-0.2, 0) is 0 Å². The Balaban J connectivity index is 2.81. The summed E-state index contributed by atoms with van der Waals surface area (Å²) in [6.07, 6.45) is 1.68. The van der Waals surface area contributed by atoms with Crippen molar-refractivity contribution in [1.82, 2.24) is 9.88 Å². The lowest BCUT2D eigenvalue weighted by molar-refractivity contribution is 0.0787. The van der Waals surface area contributed by atoms with Crippen LogP contribution in [-0.4, -0.2) is 35.4 Å². The SMILES string of the molecule is Cc1ncccc1C(=O)N(C)CC(C)N. The van der Waals surface area contributed by atoms with Crippen LogP contribution in [0.5, 0.6) is 0 Å². The fourth-order valence-corrected chi connectivity index (χ4v) is 1.43. The molecule has 1 atom stereocenters. The third-order valence-electron chi connectivity index (χ3n) is 2.15. The third-order valence-corrected chi connectivity index (χ3v) is 2.15. The average Bonchev–Trinajstić information content (AvgIpc) is 2.16. The topological polar surface area (TPSA) is 59.2 Å². The van der Waals surface area contributed by atoms with Crippen molar-refractivity contribution < 1.29 is 4.79 Å². The maximum atomic E-state index is 11.9. The molecular weight excluding hydrogens is 190 g/mol. The maximum absolute atomic E-state index is 11.9. The number of likely N-dealkylation sites (N-methyl/N-ethyl adjacent to an activating group) is 1. The van der Waals surface area contributed by atoms with Crippen LogP contribution < -0.4 is 5.73 Å². The Labute approximate surface area is 90.1 Å². The predicted octanol–water partition coefficient (Wildman–Crippen LogP) is 0.809. The lowest BCUT2D eigenvalue weighted by Crippen LogP contribution is -2.37. The molecule has 4 nitrogen and oxygen atoms in total. The van der Waals surface area contributed by atoms with Crippen LogP contribution in [0.1, 0.15) is 23.0 Å². The van der Waals surface area contributed by atoms with Crippen LogP contribution in [0.15, 0.2) is 18.3 Å². The van der Waals surface area contributed by atoms with E-state index in [9.17, 15) is 4.79 Å². The third kappa shape index (κ3) is 3.02. The number of carbonyl (C=O) groups is 1. The zero-order valence-corrected chi connectivity index (χ0v) is 9.40. The molecule has 1 rings (SSSR count). The molecule has 0 aliphatic carbocycles. The first kappa shape index (κ1) is 11.7. The summed E-state index contributed by atoms with van der Waals surface area (Å²) in [6, 6.07) is 3.53. The minimum absolute atomic E-state index is 0.0177. The summed E-state index contributed by atoms with van der Waals surface area (Å²) in [7, 11) is 1.75. The van der Waals surface area contributed by atoms with Crippen molar-refractivity contribution in [2.24, 2.45) is 5.73 Å². The van der Waals surface area contributed by atoms with Gasteiger partial charge in [-0.3, -0.25) is 9.78 Å². The van der Waals surface area contributed by atoms with E-state index >= 15 is 0 Å². The summed E-state index contributed by atoms with van der Waals surface area (Å²) in [6.45, 7) is 4.25. The molecule has 1 amide bonds. The molecule has 0 saturated carbocycles. The van der Waals surface area contributed by atoms with Gasteiger partial charge in [0.05, 0.1) is 5.56 Å². The predicted molar refractivity (Wildman–Crippen MR) is 59.6 cm³/mol. The lowest BCUT2D eigenvalue weighted by Gasteiger charge is -2.19. The Bertz CT molecular complexity index is 349. The van der Waals surface area contributed by atoms with Gasteiger partial charge in [0.2, 0.25) is 0 Å². The number of aryl methyl sites for hydroxylation is 1. The van der Waals surface area contributed by atoms with Crippen molar-refractivity contribution in [2.45, 2.75) is 19.9 Å². The minimum atomic E-state index is -0.0297. The van der Waals surface area contributed by atoms with Gasteiger partial charge in [-0.15, -0.1) is 0 Å². The number of amides is 1. The van der Waals surface area contributed by atoms with Crippen LogP contribution in [0, 0.1) is 6.92 Å². The molecule has 0 radical (unpaired) electrons. The summed E-state index contributed by atoms with van der Waals surface area (Å²) in [5.74, 6) is -0.0297. The van der Waals surface area contributed by atoms with Crippen molar-refractivity contribution in [2.75, 3.05) is 13.6 Å². The summed E-state index contributed by atoms with van der Waals surface area (Å²) in [5, 5.41) is 0. The number of aromatic nitrogens is 1. The van der Waals surface area contributed by atoms with Crippen LogP contribution in [0.25, 0.3) is 0 Å². The second-order valence-corrected chi connectivity index (χ2v) is 3.80. The number of hydrogen-bond donors (Lipinski definition) is 1. The average molecular weight is 207 g/mol. The van der Waals surface area contributed by atoms with Crippen LogP contribution >= 0.6 is 0 Å². The smallest absolute Gasteiger partial charge is 0.255 e. The fraction of sp³-hybridized carbons (Fsp3) is 0.455. The molecule has 2 N–H and O–H groups in total. The molecule has 0 aliphatic heterocycles. The Morgan fingerprint density at radius 2 is 2.33 bits per heavy atom. The summed E-state index contributed by atoms with van der Waals surface area (Å²) in [4.78, 5) is 17.6. The maximum Gasteiger partial charge on any atom is 0.255 e. The lowest BCUT2D eigenvalue weighted by atomic mass is 10.2. The highest BCUT2D eigenvalue weighted by molar-refractivity contribution is 5.95. The van der Waals surface area contributed by atoms with E-state index in [1.807, 2.05) is 13.8 Å². The molecule has 4 heteroatoms. The van der Waals surface area contributed by atoms with Gasteiger partial charge in [0.1, 0.15) is 0 Å². The Hall–Kier alpha value is -1.42. The quantitative estimate of drug-likeness (QED) is 0.798. The van der Waals surface area contributed by atoms with Gasteiger partial charge in [0, 0.05) is 31.5 Å². The molecule has 1 heterocycles. The number of hydrogen-bond acceptors (Lipinski definition) is 3. The van der Waals surface area contributed by atoms with Gasteiger partial charge in [-0.2, -0.15) is 0 Å². The number of carbonyl (C=O) groups excluding carboxylic acids is 1. The molecule has 0 aliphatic rings. The molecule has 0 fully saturated rings. The second kappa shape index (κ2) is 4.89. The van der Waals surface area contributed by atoms with Gasteiger partial charge in [0.25, 0.3) is 5.91 Å². The van der Waals surface area contributed by atoms with Crippen molar-refractivity contribution in [3.63, 3.8) is 0 Å². The molecule has 15 heavy (non-hydrogen) atoms. The van der Waals surface area contributed by atoms with Crippen molar-refractivity contribution >= 4 is 5.91 Å². The van der Waals surface area contributed by atoms with Gasteiger partial charge < -0.3 is 10.6 Å². The zero-order valence-electron chi connectivity index (χ0n) is 9.40. The molecule has 0 saturated heterocycles. The molecule has 82 valence electrons. The van der Waals surface area contributed by atoms with Crippen LogP contribution in [0.4, 0.5) is 0 Å². The molecule has 0 spiro atoms. The fourth-order valence-electron chi connectivity index (χ4n) is 1.43. The summed E-state index contributed by atoms with van der Waals surface area (Å²) < 4.78 is 0. The monoisotopic (exact) mass is 207 g/mol. The molecule has 0 aromatic carbocycles. The van der Waals surface area contributed by atoms with Gasteiger partial charge in [-0.25, -0.2) is 0 Å². The first-order chi connectivity index (χ1) is 7.02. The van der Waals surface area contributed by atoms with Gasteiger partial charge >= 0.3 is 0 Å². The van der Waals surface area contributed by atoms with Crippen molar-refractivity contribution in [3.05, 3.63) is 29.6 Å². The number of pyridine rings is 1. The number of nitrogens with zero attached hydrogens (tertiary/aromatic N) is 2. The standard InChI is InChI=1S/C11H17N3O/c1-8(12)7-14(3)11(15)10-5-4-6-13-9(10)2/h4-6,8H,7,12H2,1-3H3. The van der Waals surface area contributed by atoms with E-state index in [2.05, 4.69) is 4.98 Å². The molecular formula is C11H17N3O. The van der Waals surface area contributed by atoms with E-state index in [1.54, 1.807) is 30.3 Å². The number of rotatable bonds is 3. The van der Waals surface area contributed by atoms with Gasteiger partial charge in [0.15, 0.2) is 0 Å². The highest BCUT2D eigenvalue weighted by atomic mass is 16.2. The molecule has 1 aromatic heterocycles. The van der Waals surface area contributed by atoms with E-state index in [0.717, 1.165) is 5.69 Å². The second-order valence-electron chi connectivity index (χ2n) is 3.80. The minimum Gasteiger partial charge on any atom is -0.340 e. The van der Waals surface area contributed by atoms with Crippen LogP contribution in [0.2, 0.25) is 0 Å². The normalized spacial score (nSPS) is 12.3. The first-order valence-corrected chi connectivity index (χ1v) is 4.95.